The molecule has 0 saturated carbocycles. The second-order valence-electron chi connectivity index (χ2n) is 8.33. The first-order valence-corrected chi connectivity index (χ1v) is 13.6. The largest absolute Gasteiger partial charge is 0.354 e. The number of benzene rings is 2. The Morgan fingerprint density at radius 3 is 2.38 bits per heavy atom. The van der Waals surface area contributed by atoms with Crippen LogP contribution in [0.15, 0.2) is 46.9 Å². The van der Waals surface area contributed by atoms with Gasteiger partial charge in [0.05, 0.1) is 17.0 Å². The minimum atomic E-state index is -3.93. The molecule has 11 heteroatoms. The summed E-state index contributed by atoms with van der Waals surface area (Å²) in [5.41, 5.74) is 0.795. The topological polar surface area (TPSA) is 86.8 Å². The van der Waals surface area contributed by atoms with Crippen LogP contribution < -0.4 is 9.62 Å². The Hall–Kier alpha value is -2.17. The first-order chi connectivity index (χ1) is 15.8. The van der Waals surface area contributed by atoms with E-state index in [-0.39, 0.29) is 29.1 Å². The van der Waals surface area contributed by atoms with E-state index in [2.05, 4.69) is 21.2 Å². The van der Waals surface area contributed by atoms with Crippen LogP contribution in [0.2, 0.25) is 5.02 Å². The summed E-state index contributed by atoms with van der Waals surface area (Å²) in [5, 5.41) is 2.54. The third kappa shape index (κ3) is 7.95. The molecule has 186 valence electrons. The van der Waals surface area contributed by atoms with Gasteiger partial charge in [-0.25, -0.2) is 12.8 Å². The number of nitrogens with zero attached hydrogens (tertiary/aromatic N) is 2. The maximum atomic E-state index is 13.6. The van der Waals surface area contributed by atoms with E-state index >= 15 is 0 Å². The van der Waals surface area contributed by atoms with Crippen LogP contribution in [-0.4, -0.2) is 50.5 Å². The lowest BCUT2D eigenvalue weighted by atomic mass is 10.1. The molecule has 7 nitrogen and oxygen atoms in total. The molecule has 0 aromatic heterocycles. The second-order valence-corrected chi connectivity index (χ2v) is 11.6. The molecule has 34 heavy (non-hydrogen) atoms. The van der Waals surface area contributed by atoms with Crippen molar-refractivity contribution in [1.82, 2.24) is 10.2 Å². The Kier molecular flexibility index (Phi) is 9.90. The van der Waals surface area contributed by atoms with Gasteiger partial charge in [0.25, 0.3) is 0 Å². The monoisotopic (exact) mass is 575 g/mol. The molecule has 2 amide bonds. The van der Waals surface area contributed by atoms with E-state index in [4.69, 9.17) is 11.6 Å². The third-order valence-corrected chi connectivity index (χ3v) is 6.89. The molecule has 0 heterocycles. The number of hydrogen-bond acceptors (Lipinski definition) is 4. The zero-order valence-electron chi connectivity index (χ0n) is 19.4. The number of nitrogens with one attached hydrogen (secondary N) is 1. The predicted molar refractivity (Wildman–Crippen MR) is 136 cm³/mol. The lowest BCUT2D eigenvalue weighted by molar-refractivity contribution is -0.139. The lowest BCUT2D eigenvalue weighted by Gasteiger charge is -2.31. The van der Waals surface area contributed by atoms with Crippen LogP contribution in [0.4, 0.5) is 10.1 Å². The van der Waals surface area contributed by atoms with E-state index < -0.39 is 34.3 Å². The van der Waals surface area contributed by atoms with E-state index in [1.165, 1.54) is 11.0 Å². The number of carbonyl (C=O) groups is 2. The molecule has 2 aromatic carbocycles. The average molecular weight is 577 g/mol. The van der Waals surface area contributed by atoms with Gasteiger partial charge < -0.3 is 10.2 Å². The van der Waals surface area contributed by atoms with Crippen LogP contribution in [0, 0.1) is 11.7 Å². The summed E-state index contributed by atoms with van der Waals surface area (Å²) < 4.78 is 40.3. The van der Waals surface area contributed by atoms with E-state index in [0.717, 1.165) is 32.7 Å². The van der Waals surface area contributed by atoms with Gasteiger partial charge >= 0.3 is 0 Å². The molecule has 1 N–H and O–H groups in total. The van der Waals surface area contributed by atoms with Gasteiger partial charge in [0, 0.05) is 17.6 Å². The molecule has 0 aliphatic heterocycles. The second kappa shape index (κ2) is 12.0. The highest BCUT2D eigenvalue weighted by molar-refractivity contribution is 9.10. The molecule has 0 bridgehead atoms. The van der Waals surface area contributed by atoms with Gasteiger partial charge in [0.2, 0.25) is 21.8 Å². The minimum Gasteiger partial charge on any atom is -0.354 e. The molecule has 0 aliphatic rings. The zero-order valence-corrected chi connectivity index (χ0v) is 22.5. The molecule has 0 spiro atoms. The Morgan fingerprint density at radius 1 is 1.15 bits per heavy atom. The van der Waals surface area contributed by atoms with Crippen LogP contribution in [0.5, 0.6) is 0 Å². The highest BCUT2D eigenvalue weighted by Gasteiger charge is 2.30. The van der Waals surface area contributed by atoms with Gasteiger partial charge in [-0.1, -0.05) is 53.5 Å². The lowest BCUT2D eigenvalue weighted by Crippen LogP contribution is -2.51. The summed E-state index contributed by atoms with van der Waals surface area (Å²) in [5.74, 6) is -1.45. The number of sulfonamides is 1. The van der Waals surface area contributed by atoms with Crippen LogP contribution in [0.1, 0.15) is 26.3 Å². The van der Waals surface area contributed by atoms with Gasteiger partial charge in [-0.15, -0.1) is 0 Å². The molecule has 0 unspecified atom stereocenters. The summed E-state index contributed by atoms with van der Waals surface area (Å²) in [7, 11) is -3.93. The molecule has 2 aromatic rings. The zero-order chi connectivity index (χ0) is 25.6. The summed E-state index contributed by atoms with van der Waals surface area (Å²) in [6.45, 7) is 5.42. The molecular formula is C23H28BrClFN3O4S. The van der Waals surface area contributed by atoms with Crippen LogP contribution >= 0.6 is 27.5 Å². The van der Waals surface area contributed by atoms with Crippen molar-refractivity contribution in [3.63, 3.8) is 0 Å². The highest BCUT2D eigenvalue weighted by Crippen LogP contribution is 2.25. The van der Waals surface area contributed by atoms with Crippen molar-refractivity contribution in [2.45, 2.75) is 33.4 Å². The first-order valence-electron chi connectivity index (χ1n) is 10.5. The summed E-state index contributed by atoms with van der Waals surface area (Å²) in [4.78, 5) is 27.5. The molecule has 2 rings (SSSR count). The molecular weight excluding hydrogens is 549 g/mol. The fourth-order valence-corrected chi connectivity index (χ4v) is 4.58. The maximum Gasteiger partial charge on any atom is 0.244 e. The van der Waals surface area contributed by atoms with E-state index in [1.807, 2.05) is 26.0 Å². The number of anilines is 1. The SMILES string of the molecule is CC(C)CNC(=O)[C@H](C)N(Cc1cccc(Br)c1)C(=O)CN(c1ccc(F)c(Cl)c1)S(C)(=O)=O. The molecule has 0 aliphatic carbocycles. The number of halogens is 3. The standard InChI is InChI=1S/C23H28BrClFN3O4S/c1-15(2)12-27-23(31)16(3)28(13-17-6-5-7-18(24)10-17)22(30)14-29(34(4,32)33)19-8-9-21(26)20(25)11-19/h5-11,15-16H,12-14H2,1-4H3,(H,27,31)/t16-/m0/s1. The summed E-state index contributed by atoms with van der Waals surface area (Å²) >= 11 is 9.22. The van der Waals surface area contributed by atoms with Crippen molar-refractivity contribution >= 4 is 55.1 Å². The van der Waals surface area contributed by atoms with Crippen molar-refractivity contribution in [1.29, 1.82) is 0 Å². The molecule has 0 fully saturated rings. The Morgan fingerprint density at radius 2 is 1.82 bits per heavy atom. The number of carbonyl (C=O) groups excluding carboxylic acids is 2. The number of amides is 2. The minimum absolute atomic E-state index is 0.0431. The Labute approximate surface area is 213 Å². The van der Waals surface area contributed by atoms with E-state index in [0.29, 0.717) is 6.54 Å². The predicted octanol–water partition coefficient (Wildman–Crippen LogP) is 4.20. The third-order valence-electron chi connectivity index (χ3n) is 4.96. The fourth-order valence-electron chi connectivity index (χ4n) is 3.12. The van der Waals surface area contributed by atoms with E-state index in [9.17, 15) is 22.4 Å². The molecule has 1 atom stereocenters. The number of rotatable bonds is 10. The maximum absolute atomic E-state index is 13.6. The van der Waals surface area contributed by atoms with Gasteiger partial charge in [0.15, 0.2) is 0 Å². The Balaban J connectivity index is 2.39. The number of hydrogen-bond donors (Lipinski definition) is 1. The van der Waals surface area contributed by atoms with Crippen LogP contribution in [0.3, 0.4) is 0 Å². The first kappa shape index (κ1) is 28.1. The van der Waals surface area contributed by atoms with Crippen molar-refractivity contribution in [3.05, 3.63) is 63.3 Å². The van der Waals surface area contributed by atoms with Crippen LogP contribution in [-0.2, 0) is 26.2 Å². The van der Waals surface area contributed by atoms with Gasteiger partial charge in [0.1, 0.15) is 18.4 Å². The Bertz CT molecular complexity index is 1150. The van der Waals surface area contributed by atoms with E-state index in [1.54, 1.807) is 19.1 Å². The molecule has 0 radical (unpaired) electrons. The van der Waals surface area contributed by atoms with Crippen molar-refractivity contribution in [3.8, 4) is 0 Å². The summed E-state index contributed by atoms with van der Waals surface area (Å²) in [6.07, 6.45) is 0.939. The highest BCUT2D eigenvalue weighted by atomic mass is 79.9. The smallest absolute Gasteiger partial charge is 0.244 e. The van der Waals surface area contributed by atoms with Crippen molar-refractivity contribution in [2.24, 2.45) is 5.92 Å². The molecule has 0 saturated heterocycles. The van der Waals surface area contributed by atoms with Crippen molar-refractivity contribution in [2.75, 3.05) is 23.7 Å². The average Bonchev–Trinajstić information content (AvgIpc) is 2.74. The normalized spacial score (nSPS) is 12.4. The van der Waals surface area contributed by atoms with Crippen molar-refractivity contribution < 1.29 is 22.4 Å². The van der Waals surface area contributed by atoms with Gasteiger partial charge in [-0.2, -0.15) is 0 Å². The quantitative estimate of drug-likeness (QED) is 0.459. The van der Waals surface area contributed by atoms with Crippen LogP contribution in [0.25, 0.3) is 0 Å². The van der Waals surface area contributed by atoms with Gasteiger partial charge in [-0.05, 0) is 48.7 Å². The summed E-state index contributed by atoms with van der Waals surface area (Å²) in [6, 6.07) is 9.78. The van der Waals surface area contributed by atoms with Gasteiger partial charge in [-0.3, -0.25) is 13.9 Å². The fraction of sp³-hybridized carbons (Fsp3) is 0.391.